The van der Waals surface area contributed by atoms with Crippen molar-refractivity contribution in [1.82, 2.24) is 24.4 Å². The van der Waals surface area contributed by atoms with Crippen LogP contribution in [-0.4, -0.2) is 37.8 Å². The van der Waals surface area contributed by atoms with Crippen molar-refractivity contribution in [3.05, 3.63) is 144 Å². The minimum Gasteiger partial charge on any atom is -0.459 e. The van der Waals surface area contributed by atoms with Gasteiger partial charge in [0.1, 0.15) is 42.6 Å². The highest BCUT2D eigenvalue weighted by Crippen LogP contribution is 2.53. The molecule has 0 fully saturated rings. The first-order valence-electron chi connectivity index (χ1n) is 18.4. The number of carbonyl (C=O) groups is 3. The Morgan fingerprint density at radius 2 is 0.702 bits per heavy atom. The van der Waals surface area contributed by atoms with Gasteiger partial charge >= 0.3 is 17.9 Å². The summed E-state index contributed by atoms with van der Waals surface area (Å²) in [4.78, 5) is 54.9. The summed E-state index contributed by atoms with van der Waals surface area (Å²) in [7, 11) is 0. The standard InChI is InChI=1S/C46H38N5O6/c1-28-5-6-32-10-17-39(21-43(32)47-28)51(40-18-11-33-7-14-36(25-55-29(2)52)48-44(33)22-40,41-19-12-34-8-15-37(26-56-30(3)53)49-45(34)23-41)42-20-13-35-9-16-38(27-57-31(4)54)50-46(35)24-42/h5-24H,25-27H2,1-4H3/q+1. The fraction of sp³-hybridized carbons (Fsp3) is 0.152. The van der Waals surface area contributed by atoms with Gasteiger partial charge in [-0.1, -0.05) is 24.3 Å². The van der Waals surface area contributed by atoms with Crippen molar-refractivity contribution in [2.45, 2.75) is 47.5 Å². The van der Waals surface area contributed by atoms with Crippen molar-refractivity contribution < 1.29 is 28.6 Å². The number of hydrogen-bond donors (Lipinski definition) is 0. The van der Waals surface area contributed by atoms with Gasteiger partial charge in [-0.05, 0) is 55.5 Å². The van der Waals surface area contributed by atoms with E-state index in [0.29, 0.717) is 33.6 Å². The first-order valence-corrected chi connectivity index (χ1v) is 18.4. The summed E-state index contributed by atoms with van der Waals surface area (Å²) < 4.78 is 16.0. The number of aromatic nitrogens is 4. The van der Waals surface area contributed by atoms with Crippen molar-refractivity contribution >= 4 is 84.3 Å². The summed E-state index contributed by atoms with van der Waals surface area (Å²) >= 11 is 0. The molecule has 0 aliphatic rings. The average molecular weight is 757 g/mol. The number of quaternary nitrogens is 1. The maximum Gasteiger partial charge on any atom is 0.303 e. The van der Waals surface area contributed by atoms with E-state index in [9.17, 15) is 14.4 Å². The van der Waals surface area contributed by atoms with E-state index in [1.807, 2.05) is 67.6 Å². The molecule has 8 aromatic rings. The van der Waals surface area contributed by atoms with Crippen LogP contribution >= 0.6 is 0 Å². The quantitative estimate of drug-likeness (QED) is 0.0755. The predicted molar refractivity (Wildman–Crippen MR) is 219 cm³/mol. The zero-order valence-corrected chi connectivity index (χ0v) is 31.9. The maximum absolute atomic E-state index is 11.7. The number of aryl methyl sites for hydroxylation is 1. The van der Waals surface area contributed by atoms with Crippen molar-refractivity contribution in [2.75, 3.05) is 0 Å². The van der Waals surface area contributed by atoms with Crippen LogP contribution in [-0.2, 0) is 48.4 Å². The Hall–Kier alpha value is -7.11. The highest BCUT2D eigenvalue weighted by atomic mass is 16.5. The molecule has 0 aliphatic heterocycles. The molecule has 0 radical (unpaired) electrons. The Balaban J connectivity index is 1.45. The molecule has 0 N–H and O–H groups in total. The minimum atomic E-state index is -0.386. The zero-order valence-electron chi connectivity index (χ0n) is 31.9. The molecular weight excluding hydrogens is 719 g/mol. The van der Waals surface area contributed by atoms with Crippen molar-refractivity contribution in [3.8, 4) is 0 Å². The van der Waals surface area contributed by atoms with Gasteiger partial charge in [-0.3, -0.25) is 19.4 Å². The molecule has 8 rings (SSSR count). The van der Waals surface area contributed by atoms with Gasteiger partial charge in [0, 0.05) is 96.5 Å². The molecule has 0 saturated carbocycles. The number of carbonyl (C=O) groups excluding carboxylic acids is 3. The van der Waals surface area contributed by atoms with Crippen LogP contribution in [0.3, 0.4) is 0 Å². The van der Waals surface area contributed by atoms with E-state index in [1.54, 1.807) is 0 Å². The highest BCUT2D eigenvalue weighted by Gasteiger charge is 2.40. The van der Waals surface area contributed by atoms with Crippen molar-refractivity contribution in [2.24, 2.45) is 0 Å². The van der Waals surface area contributed by atoms with Gasteiger partial charge in [-0.25, -0.2) is 15.0 Å². The zero-order chi connectivity index (χ0) is 39.7. The molecule has 0 bridgehead atoms. The summed E-state index contributed by atoms with van der Waals surface area (Å²) in [6, 6.07) is 40.4. The summed E-state index contributed by atoms with van der Waals surface area (Å²) in [6.45, 7) is 6.23. The SMILES string of the molecule is CC(=O)OCc1ccc2ccc([N+](c3ccc4ccc(C)nc4c3)(c3ccc4ccc(COC(C)=O)nc4c3)c3ccc4ccc(COC(C)=O)nc4c3)cc2n1. The first-order chi connectivity index (χ1) is 27.5. The third-order valence-corrected chi connectivity index (χ3v) is 9.83. The van der Waals surface area contributed by atoms with Crippen LogP contribution in [0.4, 0.5) is 22.7 Å². The number of esters is 3. The Morgan fingerprint density at radius 3 is 1.02 bits per heavy atom. The van der Waals surface area contributed by atoms with Gasteiger partial charge in [-0.15, -0.1) is 0 Å². The Bertz CT molecular complexity index is 2650. The second kappa shape index (κ2) is 15.2. The van der Waals surface area contributed by atoms with Gasteiger partial charge in [0.2, 0.25) is 0 Å². The molecule has 0 saturated heterocycles. The van der Waals surface area contributed by atoms with E-state index in [4.69, 9.17) is 34.1 Å². The number of ether oxygens (including phenoxy) is 3. The van der Waals surface area contributed by atoms with Crippen LogP contribution in [0, 0.1) is 6.92 Å². The largest absolute Gasteiger partial charge is 0.459 e. The third kappa shape index (κ3) is 7.48. The van der Waals surface area contributed by atoms with Crippen LogP contribution in [0.25, 0.3) is 43.6 Å². The molecule has 4 aromatic heterocycles. The molecule has 11 heteroatoms. The molecule has 0 spiro atoms. The molecule has 11 nitrogen and oxygen atoms in total. The molecule has 0 unspecified atom stereocenters. The third-order valence-electron chi connectivity index (χ3n) is 9.83. The monoisotopic (exact) mass is 756 g/mol. The highest BCUT2D eigenvalue weighted by molar-refractivity contribution is 5.96. The summed E-state index contributed by atoms with van der Waals surface area (Å²) in [6.07, 6.45) is 0. The molecule has 4 heterocycles. The Labute approximate surface area is 328 Å². The number of fused-ring (bicyclic) bond motifs is 4. The second-order valence-electron chi connectivity index (χ2n) is 13.9. The molecule has 0 amide bonds. The lowest BCUT2D eigenvalue weighted by Gasteiger charge is -2.37. The van der Waals surface area contributed by atoms with E-state index in [1.165, 1.54) is 20.8 Å². The van der Waals surface area contributed by atoms with E-state index in [-0.39, 0.29) is 42.2 Å². The van der Waals surface area contributed by atoms with Gasteiger partial charge in [0.15, 0.2) is 0 Å². The Kier molecular flexibility index (Phi) is 9.82. The van der Waals surface area contributed by atoms with E-state index in [0.717, 1.165) is 55.5 Å². The molecule has 4 aromatic carbocycles. The fourth-order valence-corrected chi connectivity index (χ4v) is 7.15. The maximum atomic E-state index is 11.7. The van der Waals surface area contributed by atoms with Gasteiger partial charge in [0.25, 0.3) is 0 Å². The molecule has 0 aliphatic carbocycles. The van der Waals surface area contributed by atoms with Gasteiger partial charge < -0.3 is 14.2 Å². The second-order valence-corrected chi connectivity index (χ2v) is 13.9. The van der Waals surface area contributed by atoms with E-state index >= 15 is 0 Å². The number of nitrogens with zero attached hydrogens (tertiary/aromatic N) is 5. The Morgan fingerprint density at radius 1 is 0.421 bits per heavy atom. The van der Waals surface area contributed by atoms with Crippen LogP contribution in [0.15, 0.2) is 121 Å². The van der Waals surface area contributed by atoms with Crippen molar-refractivity contribution in [3.63, 3.8) is 0 Å². The van der Waals surface area contributed by atoms with E-state index in [2.05, 4.69) is 60.7 Å². The number of benzene rings is 4. The minimum absolute atomic E-state index is 0.0449. The summed E-state index contributed by atoms with van der Waals surface area (Å²) in [5.74, 6) is -1.16. The summed E-state index contributed by atoms with van der Waals surface area (Å²) in [5.41, 5.74) is 9.09. The number of pyridine rings is 4. The molecule has 0 atom stereocenters. The van der Waals surface area contributed by atoms with Crippen LogP contribution < -0.4 is 4.48 Å². The van der Waals surface area contributed by atoms with Crippen LogP contribution in [0.5, 0.6) is 0 Å². The molecule has 57 heavy (non-hydrogen) atoms. The lowest BCUT2D eigenvalue weighted by molar-refractivity contribution is -0.143. The summed E-state index contributed by atoms with van der Waals surface area (Å²) in [5, 5.41) is 3.71. The molecular formula is C46H38N5O6+. The molecule has 282 valence electrons. The van der Waals surface area contributed by atoms with Crippen LogP contribution in [0.1, 0.15) is 43.5 Å². The first kappa shape index (κ1) is 36.8. The van der Waals surface area contributed by atoms with Crippen LogP contribution in [0.2, 0.25) is 0 Å². The topological polar surface area (TPSA) is 130 Å². The smallest absolute Gasteiger partial charge is 0.303 e. The number of rotatable bonds is 10. The fourth-order valence-electron chi connectivity index (χ4n) is 7.15. The normalized spacial score (nSPS) is 11.6. The lowest BCUT2D eigenvalue weighted by Crippen LogP contribution is -2.33. The van der Waals surface area contributed by atoms with Crippen molar-refractivity contribution in [1.29, 1.82) is 0 Å². The number of hydrogen-bond acceptors (Lipinski definition) is 10. The van der Waals surface area contributed by atoms with Gasteiger partial charge in [-0.2, -0.15) is 4.48 Å². The average Bonchev–Trinajstić information content (AvgIpc) is 3.21. The predicted octanol–water partition coefficient (Wildman–Crippen LogP) is 9.68. The van der Waals surface area contributed by atoms with E-state index < -0.39 is 0 Å². The van der Waals surface area contributed by atoms with Gasteiger partial charge in [0.05, 0.1) is 39.1 Å². The lowest BCUT2D eigenvalue weighted by atomic mass is 10.0.